The second-order valence-electron chi connectivity index (χ2n) is 8.40. The number of hydrogen-bond donors (Lipinski definition) is 3. The monoisotopic (exact) mass is 466 g/mol. The van der Waals surface area contributed by atoms with Gasteiger partial charge in [0.25, 0.3) is 0 Å². The number of pyridine rings is 1. The molecule has 0 spiro atoms. The summed E-state index contributed by atoms with van der Waals surface area (Å²) in [5.41, 5.74) is 2.84. The zero-order valence-corrected chi connectivity index (χ0v) is 18.5. The van der Waals surface area contributed by atoms with Crippen LogP contribution in [0.1, 0.15) is 25.7 Å². The van der Waals surface area contributed by atoms with Crippen LogP contribution in [0.15, 0.2) is 48.5 Å². The van der Waals surface area contributed by atoms with E-state index in [1.54, 1.807) is 12.1 Å². The number of phenolic OH excluding ortho intramolecular Hbond substituents is 1. The Morgan fingerprint density at radius 2 is 1.88 bits per heavy atom. The number of nitrogens with one attached hydrogen (secondary N) is 1. The van der Waals surface area contributed by atoms with Gasteiger partial charge in [-0.15, -0.1) is 0 Å². The number of carbonyl (C=O) groups is 1. The van der Waals surface area contributed by atoms with Gasteiger partial charge in [-0.25, -0.2) is 4.98 Å². The van der Waals surface area contributed by atoms with Crippen LogP contribution in [0.4, 0.5) is 5.82 Å². The number of aliphatic carboxylic acids is 1. The SMILES string of the molecule is O=C(O)C1CCCC(Nc2cc(-c3ccc4c(c3)OCO4)cc(-c3cc(Cl)ccc3O)n2)C1. The van der Waals surface area contributed by atoms with Gasteiger partial charge in [-0.3, -0.25) is 4.79 Å². The maximum atomic E-state index is 11.5. The maximum absolute atomic E-state index is 11.5. The van der Waals surface area contributed by atoms with Crippen molar-refractivity contribution in [1.29, 1.82) is 0 Å². The third-order valence-corrected chi connectivity index (χ3v) is 6.38. The summed E-state index contributed by atoms with van der Waals surface area (Å²) in [6, 6.07) is 14.4. The van der Waals surface area contributed by atoms with Crippen LogP contribution < -0.4 is 14.8 Å². The first-order chi connectivity index (χ1) is 16.0. The quantitative estimate of drug-likeness (QED) is 0.452. The minimum Gasteiger partial charge on any atom is -0.507 e. The van der Waals surface area contributed by atoms with Crippen molar-refractivity contribution in [2.24, 2.45) is 5.92 Å². The van der Waals surface area contributed by atoms with Crippen LogP contribution in [0, 0.1) is 5.92 Å². The predicted molar refractivity (Wildman–Crippen MR) is 125 cm³/mol. The van der Waals surface area contributed by atoms with Crippen LogP contribution in [-0.4, -0.2) is 34.0 Å². The van der Waals surface area contributed by atoms with Crippen molar-refractivity contribution < 1.29 is 24.5 Å². The molecule has 33 heavy (non-hydrogen) atoms. The highest BCUT2D eigenvalue weighted by molar-refractivity contribution is 6.31. The van der Waals surface area contributed by atoms with Crippen molar-refractivity contribution >= 4 is 23.4 Å². The number of anilines is 1. The minimum atomic E-state index is -0.756. The van der Waals surface area contributed by atoms with Crippen molar-refractivity contribution in [1.82, 2.24) is 4.98 Å². The summed E-state index contributed by atoms with van der Waals surface area (Å²) >= 11 is 6.19. The maximum Gasteiger partial charge on any atom is 0.306 e. The second kappa shape index (κ2) is 8.83. The number of ether oxygens (including phenoxy) is 2. The average molecular weight is 467 g/mol. The number of aromatic hydroxyl groups is 1. The van der Waals surface area contributed by atoms with Gasteiger partial charge in [-0.05, 0) is 72.9 Å². The van der Waals surface area contributed by atoms with Crippen LogP contribution in [0.2, 0.25) is 5.02 Å². The van der Waals surface area contributed by atoms with Gasteiger partial charge in [0.2, 0.25) is 6.79 Å². The first-order valence-corrected chi connectivity index (χ1v) is 11.2. The highest BCUT2D eigenvalue weighted by atomic mass is 35.5. The molecule has 170 valence electrons. The van der Waals surface area contributed by atoms with Gasteiger partial charge in [-0.2, -0.15) is 0 Å². The molecule has 7 nitrogen and oxygen atoms in total. The Morgan fingerprint density at radius 3 is 2.73 bits per heavy atom. The average Bonchev–Trinajstić information content (AvgIpc) is 3.28. The molecule has 0 amide bonds. The lowest BCUT2D eigenvalue weighted by molar-refractivity contribution is -0.142. The number of hydrogen-bond acceptors (Lipinski definition) is 6. The molecule has 2 heterocycles. The fourth-order valence-electron chi connectivity index (χ4n) is 4.45. The van der Waals surface area contributed by atoms with E-state index in [0.29, 0.717) is 46.4 Å². The van der Waals surface area contributed by atoms with E-state index in [1.165, 1.54) is 6.07 Å². The van der Waals surface area contributed by atoms with Gasteiger partial charge in [0, 0.05) is 16.6 Å². The Morgan fingerprint density at radius 1 is 1.03 bits per heavy atom. The summed E-state index contributed by atoms with van der Waals surface area (Å²) in [4.78, 5) is 16.2. The third-order valence-electron chi connectivity index (χ3n) is 6.14. The summed E-state index contributed by atoms with van der Waals surface area (Å²) in [5.74, 6) is 0.932. The Bertz CT molecular complexity index is 1220. The molecule has 2 aromatic carbocycles. The molecule has 0 bridgehead atoms. The number of nitrogens with zero attached hydrogens (tertiary/aromatic N) is 1. The van der Waals surface area contributed by atoms with E-state index in [0.717, 1.165) is 24.0 Å². The summed E-state index contributed by atoms with van der Waals surface area (Å²) in [6.45, 7) is 0.190. The largest absolute Gasteiger partial charge is 0.507 e. The van der Waals surface area contributed by atoms with Crippen LogP contribution in [-0.2, 0) is 4.79 Å². The minimum absolute atomic E-state index is 0.000150. The van der Waals surface area contributed by atoms with Crippen LogP contribution >= 0.6 is 11.6 Å². The van der Waals surface area contributed by atoms with Crippen molar-refractivity contribution in [3.63, 3.8) is 0 Å². The van der Waals surface area contributed by atoms with E-state index in [4.69, 9.17) is 26.1 Å². The van der Waals surface area contributed by atoms with Gasteiger partial charge in [0.1, 0.15) is 11.6 Å². The molecule has 5 rings (SSSR count). The lowest BCUT2D eigenvalue weighted by atomic mass is 9.86. The fourth-order valence-corrected chi connectivity index (χ4v) is 4.63. The van der Waals surface area contributed by atoms with Crippen LogP contribution in [0.3, 0.4) is 0 Å². The first kappa shape index (κ1) is 21.4. The topological polar surface area (TPSA) is 101 Å². The summed E-state index contributed by atoms with van der Waals surface area (Å²) in [5, 5.41) is 23.8. The summed E-state index contributed by atoms with van der Waals surface area (Å²) < 4.78 is 11.0. The molecule has 1 aromatic heterocycles. The molecule has 1 fully saturated rings. The standard InChI is InChI=1S/C25H23ClN2O5/c26-17-5-6-21(29)19(12-17)20-9-16(14-4-7-22-23(10-14)33-13-32-22)11-24(28-20)27-18-3-1-2-15(8-18)25(30)31/h4-7,9-12,15,18,29H,1-3,8,13H2,(H,27,28)(H,30,31). The lowest BCUT2D eigenvalue weighted by Crippen LogP contribution is -2.31. The van der Waals surface area contributed by atoms with Crippen molar-refractivity contribution in [3.05, 3.63) is 53.6 Å². The molecule has 0 radical (unpaired) electrons. The van der Waals surface area contributed by atoms with E-state index in [1.807, 2.05) is 30.3 Å². The van der Waals surface area contributed by atoms with Crippen LogP contribution in [0.5, 0.6) is 17.2 Å². The molecule has 2 aliphatic rings. The Kier molecular flexibility index (Phi) is 5.72. The number of carboxylic acid groups (broad SMARTS) is 1. The Hall–Kier alpha value is -3.45. The number of fused-ring (bicyclic) bond motifs is 1. The van der Waals surface area contributed by atoms with Crippen molar-refractivity contribution in [3.8, 4) is 39.6 Å². The zero-order chi connectivity index (χ0) is 22.9. The highest BCUT2D eigenvalue weighted by Crippen LogP contribution is 2.39. The first-order valence-electron chi connectivity index (χ1n) is 10.9. The van der Waals surface area contributed by atoms with Crippen molar-refractivity contribution in [2.75, 3.05) is 12.1 Å². The summed E-state index contributed by atoms with van der Waals surface area (Å²) in [7, 11) is 0. The van der Waals surface area contributed by atoms with E-state index in [-0.39, 0.29) is 24.5 Å². The van der Waals surface area contributed by atoms with Gasteiger partial charge in [0.15, 0.2) is 11.5 Å². The number of benzene rings is 2. The number of carboxylic acids is 1. The Balaban J connectivity index is 1.54. The molecule has 0 saturated heterocycles. The molecule has 1 aliphatic heterocycles. The molecule has 1 aliphatic carbocycles. The smallest absolute Gasteiger partial charge is 0.306 e. The van der Waals surface area contributed by atoms with Gasteiger partial charge in [0.05, 0.1) is 11.6 Å². The second-order valence-corrected chi connectivity index (χ2v) is 8.84. The normalized spacial score (nSPS) is 19.3. The van der Waals surface area contributed by atoms with Crippen LogP contribution in [0.25, 0.3) is 22.4 Å². The number of halogens is 1. The molecule has 3 aromatic rings. The van der Waals surface area contributed by atoms with E-state index >= 15 is 0 Å². The molecule has 2 atom stereocenters. The van der Waals surface area contributed by atoms with Crippen molar-refractivity contribution in [2.45, 2.75) is 31.7 Å². The van der Waals surface area contributed by atoms with Gasteiger partial charge < -0.3 is 25.0 Å². The number of aromatic nitrogens is 1. The van der Waals surface area contributed by atoms with Gasteiger partial charge >= 0.3 is 5.97 Å². The molecular formula is C25H23ClN2O5. The molecule has 1 saturated carbocycles. The fraction of sp³-hybridized carbons (Fsp3) is 0.280. The van der Waals surface area contributed by atoms with E-state index in [9.17, 15) is 15.0 Å². The molecule has 3 N–H and O–H groups in total. The van der Waals surface area contributed by atoms with Gasteiger partial charge in [-0.1, -0.05) is 24.1 Å². The third kappa shape index (κ3) is 4.54. The Labute approximate surface area is 196 Å². The number of rotatable bonds is 5. The lowest BCUT2D eigenvalue weighted by Gasteiger charge is -2.28. The van der Waals surface area contributed by atoms with E-state index in [2.05, 4.69) is 5.32 Å². The summed E-state index contributed by atoms with van der Waals surface area (Å²) in [6.07, 6.45) is 2.96. The predicted octanol–water partition coefficient (Wildman–Crippen LogP) is 5.56. The number of phenols is 1. The molecule has 2 unspecified atom stereocenters. The highest BCUT2D eigenvalue weighted by Gasteiger charge is 2.27. The molecule has 8 heteroatoms. The zero-order valence-electron chi connectivity index (χ0n) is 17.8. The van der Waals surface area contributed by atoms with E-state index < -0.39 is 5.97 Å². The molecular weight excluding hydrogens is 444 g/mol.